The molecular formula is C42H76N2. The van der Waals surface area contributed by atoms with Gasteiger partial charge in [0.05, 0.1) is 0 Å². The summed E-state index contributed by atoms with van der Waals surface area (Å²) in [4.78, 5) is 5.28. The molecule has 2 rings (SSSR count). The highest BCUT2D eigenvalue weighted by atomic mass is 15.4. The molecular weight excluding hydrogens is 532 g/mol. The Morgan fingerprint density at radius 3 is 1.20 bits per heavy atom. The zero-order chi connectivity index (χ0) is 31.2. The summed E-state index contributed by atoms with van der Waals surface area (Å²) in [5, 5.41) is 0. The zero-order valence-corrected chi connectivity index (χ0v) is 29.9. The summed E-state index contributed by atoms with van der Waals surface area (Å²) in [5.41, 5.74) is 1.43. The molecule has 0 N–H and O–H groups in total. The van der Waals surface area contributed by atoms with E-state index < -0.39 is 0 Å². The van der Waals surface area contributed by atoms with Crippen molar-refractivity contribution in [2.45, 2.75) is 213 Å². The van der Waals surface area contributed by atoms with Crippen molar-refractivity contribution in [3.8, 4) is 0 Å². The quantitative estimate of drug-likeness (QED) is 0.0751. The average Bonchev–Trinajstić information content (AvgIpc) is 3.42. The first-order chi connectivity index (χ1) is 21.8. The SMILES string of the molecule is CCCCCCCCCCCCCCCCCCN1C=CN(Cc2ccccc2)C1CCCCCCCCCCCCCC. The number of rotatable bonds is 32. The van der Waals surface area contributed by atoms with E-state index in [1.54, 1.807) is 0 Å². The van der Waals surface area contributed by atoms with E-state index in [9.17, 15) is 0 Å². The van der Waals surface area contributed by atoms with Crippen molar-refractivity contribution >= 4 is 0 Å². The third kappa shape index (κ3) is 20.6. The van der Waals surface area contributed by atoms with Gasteiger partial charge in [-0.2, -0.15) is 0 Å². The summed E-state index contributed by atoms with van der Waals surface area (Å²) in [5.74, 6) is 0. The van der Waals surface area contributed by atoms with E-state index in [0.29, 0.717) is 6.17 Å². The van der Waals surface area contributed by atoms with Crippen LogP contribution in [0.25, 0.3) is 0 Å². The lowest BCUT2D eigenvalue weighted by Crippen LogP contribution is -2.38. The Morgan fingerprint density at radius 2 is 0.773 bits per heavy atom. The molecule has 1 heterocycles. The van der Waals surface area contributed by atoms with Gasteiger partial charge in [-0.15, -0.1) is 0 Å². The minimum absolute atomic E-state index is 0.551. The van der Waals surface area contributed by atoms with Crippen molar-refractivity contribution < 1.29 is 0 Å². The van der Waals surface area contributed by atoms with Crippen molar-refractivity contribution in [1.82, 2.24) is 9.80 Å². The highest BCUT2D eigenvalue weighted by Crippen LogP contribution is 2.25. The van der Waals surface area contributed by atoms with Crippen molar-refractivity contribution in [2.24, 2.45) is 0 Å². The second-order valence-electron chi connectivity index (χ2n) is 14.2. The van der Waals surface area contributed by atoms with E-state index in [4.69, 9.17) is 0 Å². The maximum atomic E-state index is 2.67. The maximum absolute atomic E-state index is 2.67. The van der Waals surface area contributed by atoms with E-state index in [1.165, 1.54) is 198 Å². The Labute approximate surface area is 276 Å². The Morgan fingerprint density at radius 1 is 0.409 bits per heavy atom. The minimum Gasteiger partial charge on any atom is -0.356 e. The van der Waals surface area contributed by atoms with Crippen LogP contribution in [0.1, 0.15) is 206 Å². The molecule has 0 aromatic heterocycles. The molecule has 0 radical (unpaired) electrons. The average molecular weight is 609 g/mol. The van der Waals surface area contributed by atoms with Gasteiger partial charge in [-0.1, -0.05) is 211 Å². The lowest BCUT2D eigenvalue weighted by Gasteiger charge is -2.33. The molecule has 1 atom stereocenters. The molecule has 2 heteroatoms. The summed E-state index contributed by atoms with van der Waals surface area (Å²) in [6.07, 6.45) is 46.8. The topological polar surface area (TPSA) is 6.48 Å². The van der Waals surface area contributed by atoms with E-state index in [0.717, 1.165) is 6.54 Å². The second kappa shape index (κ2) is 29.0. The van der Waals surface area contributed by atoms with Gasteiger partial charge in [0.2, 0.25) is 0 Å². The fourth-order valence-electron chi connectivity index (χ4n) is 7.08. The van der Waals surface area contributed by atoms with Crippen molar-refractivity contribution in [2.75, 3.05) is 6.54 Å². The summed E-state index contributed by atoms with van der Waals surface area (Å²) in [6, 6.07) is 11.1. The molecule has 1 aromatic carbocycles. The van der Waals surface area contributed by atoms with Gasteiger partial charge in [0.1, 0.15) is 6.17 Å². The summed E-state index contributed by atoms with van der Waals surface area (Å²) < 4.78 is 0. The van der Waals surface area contributed by atoms with Crippen LogP contribution in [-0.4, -0.2) is 22.5 Å². The number of hydrogen-bond acceptors (Lipinski definition) is 2. The maximum Gasteiger partial charge on any atom is 0.101 e. The third-order valence-electron chi connectivity index (χ3n) is 10.0. The smallest absolute Gasteiger partial charge is 0.101 e. The van der Waals surface area contributed by atoms with E-state index >= 15 is 0 Å². The fraction of sp³-hybridized carbons (Fsp3) is 0.810. The summed E-state index contributed by atoms with van der Waals surface area (Å²) >= 11 is 0. The fourth-order valence-corrected chi connectivity index (χ4v) is 7.08. The first-order valence-corrected chi connectivity index (χ1v) is 20.1. The molecule has 0 aliphatic carbocycles. The van der Waals surface area contributed by atoms with Crippen LogP contribution in [0, 0.1) is 0 Å². The molecule has 1 aliphatic heterocycles. The molecule has 2 nitrogen and oxygen atoms in total. The normalized spacial score (nSPS) is 14.7. The van der Waals surface area contributed by atoms with Gasteiger partial charge in [-0.05, 0) is 24.8 Å². The number of benzene rings is 1. The zero-order valence-electron chi connectivity index (χ0n) is 29.9. The molecule has 0 fully saturated rings. The molecule has 254 valence electrons. The van der Waals surface area contributed by atoms with Crippen molar-refractivity contribution in [3.05, 3.63) is 48.3 Å². The van der Waals surface area contributed by atoms with Gasteiger partial charge < -0.3 is 9.80 Å². The molecule has 0 spiro atoms. The molecule has 0 bridgehead atoms. The van der Waals surface area contributed by atoms with Crippen LogP contribution in [-0.2, 0) is 6.54 Å². The van der Waals surface area contributed by atoms with Crippen LogP contribution in [0.3, 0.4) is 0 Å². The first-order valence-electron chi connectivity index (χ1n) is 20.1. The van der Waals surface area contributed by atoms with Crippen LogP contribution < -0.4 is 0 Å². The Kier molecular flexibility index (Phi) is 25.5. The van der Waals surface area contributed by atoms with Crippen LogP contribution in [0.5, 0.6) is 0 Å². The number of nitrogens with zero attached hydrogens (tertiary/aromatic N) is 2. The van der Waals surface area contributed by atoms with Crippen LogP contribution in [0.2, 0.25) is 0 Å². The molecule has 1 aliphatic rings. The molecule has 44 heavy (non-hydrogen) atoms. The van der Waals surface area contributed by atoms with E-state index in [1.807, 2.05) is 0 Å². The van der Waals surface area contributed by atoms with Gasteiger partial charge >= 0.3 is 0 Å². The lowest BCUT2D eigenvalue weighted by atomic mass is 10.0. The van der Waals surface area contributed by atoms with Crippen molar-refractivity contribution in [3.63, 3.8) is 0 Å². The molecule has 1 unspecified atom stereocenters. The predicted molar refractivity (Wildman–Crippen MR) is 197 cm³/mol. The highest BCUT2D eigenvalue weighted by molar-refractivity contribution is 5.16. The minimum atomic E-state index is 0.551. The van der Waals surface area contributed by atoms with Gasteiger partial charge in [0, 0.05) is 25.5 Å². The van der Waals surface area contributed by atoms with Gasteiger partial charge in [0.25, 0.3) is 0 Å². The van der Waals surface area contributed by atoms with E-state index in [-0.39, 0.29) is 0 Å². The van der Waals surface area contributed by atoms with E-state index in [2.05, 4.69) is 66.4 Å². The second-order valence-corrected chi connectivity index (χ2v) is 14.2. The largest absolute Gasteiger partial charge is 0.356 e. The van der Waals surface area contributed by atoms with Gasteiger partial charge in [0.15, 0.2) is 0 Å². The predicted octanol–water partition coefficient (Wildman–Crippen LogP) is 14.0. The van der Waals surface area contributed by atoms with Crippen LogP contribution >= 0.6 is 0 Å². The summed E-state index contributed by atoms with van der Waals surface area (Å²) in [7, 11) is 0. The standard InChI is InChI=1S/C42H76N2/c1-3-5-7-9-11-13-15-17-18-19-20-22-24-26-28-33-37-43-38-39-44(40-41-34-30-29-31-35-41)42(43)36-32-27-25-23-21-16-14-12-10-8-6-4-2/h29-31,34-35,38-39,42H,3-28,32-33,36-37,40H2,1-2H3. The first kappa shape index (κ1) is 38.7. The van der Waals surface area contributed by atoms with Crippen molar-refractivity contribution in [1.29, 1.82) is 0 Å². The Bertz CT molecular complexity index is 743. The van der Waals surface area contributed by atoms with Crippen LogP contribution in [0.4, 0.5) is 0 Å². The lowest BCUT2D eigenvalue weighted by molar-refractivity contribution is 0.132. The Hall–Kier alpha value is -1.44. The summed E-state index contributed by atoms with van der Waals surface area (Å²) in [6.45, 7) is 6.88. The van der Waals surface area contributed by atoms with Gasteiger partial charge in [-0.25, -0.2) is 0 Å². The molecule has 0 amide bonds. The Balaban J connectivity index is 1.52. The molecule has 0 saturated carbocycles. The molecule has 0 saturated heterocycles. The number of hydrogen-bond donors (Lipinski definition) is 0. The highest BCUT2D eigenvalue weighted by Gasteiger charge is 2.25. The van der Waals surface area contributed by atoms with Gasteiger partial charge in [-0.3, -0.25) is 0 Å². The monoisotopic (exact) mass is 609 g/mol. The number of unbranched alkanes of at least 4 members (excludes halogenated alkanes) is 26. The van der Waals surface area contributed by atoms with Crippen LogP contribution in [0.15, 0.2) is 42.7 Å². The molecule has 1 aromatic rings. The third-order valence-corrected chi connectivity index (χ3v) is 10.0.